The zero-order valence-electron chi connectivity index (χ0n) is 19.1. The molecule has 0 radical (unpaired) electrons. The van der Waals surface area contributed by atoms with Crippen LogP contribution >= 0.6 is 0 Å². The van der Waals surface area contributed by atoms with Crippen LogP contribution in [-0.4, -0.2) is 50.1 Å². The number of benzene rings is 2. The Hall–Kier alpha value is -4.19. The third kappa shape index (κ3) is 4.54. The molecule has 1 saturated heterocycles. The van der Waals surface area contributed by atoms with E-state index in [-0.39, 0.29) is 35.7 Å². The molecular formula is C24H21F3N6O3. The van der Waals surface area contributed by atoms with E-state index < -0.39 is 23.1 Å². The number of anilines is 1. The Balaban J connectivity index is 1.30. The molecular weight excluding hydrogens is 477 g/mol. The summed E-state index contributed by atoms with van der Waals surface area (Å²) < 4.78 is 56.1. The van der Waals surface area contributed by atoms with Gasteiger partial charge in [0.15, 0.2) is 5.82 Å². The van der Waals surface area contributed by atoms with Gasteiger partial charge in [-0.2, -0.15) is 19.2 Å². The van der Waals surface area contributed by atoms with Crippen molar-refractivity contribution in [3.8, 4) is 17.3 Å². The highest BCUT2D eigenvalue weighted by atomic mass is 19.1. The maximum atomic E-state index is 14.9. The lowest BCUT2D eigenvalue weighted by Crippen LogP contribution is -2.53. The number of nitrogens with zero attached hydrogens (tertiary/aromatic N) is 6. The van der Waals surface area contributed by atoms with E-state index in [4.69, 9.17) is 9.47 Å². The summed E-state index contributed by atoms with van der Waals surface area (Å²) in [4.78, 5) is 22.4. The Morgan fingerprint density at radius 3 is 2.44 bits per heavy atom. The van der Waals surface area contributed by atoms with Crippen molar-refractivity contribution in [2.24, 2.45) is 0 Å². The fourth-order valence-corrected chi connectivity index (χ4v) is 3.83. The zero-order valence-corrected chi connectivity index (χ0v) is 19.1. The summed E-state index contributed by atoms with van der Waals surface area (Å²) >= 11 is 0. The quantitative estimate of drug-likeness (QED) is 0.368. The number of hydrogen-bond acceptors (Lipinski definition) is 7. The van der Waals surface area contributed by atoms with Gasteiger partial charge in [-0.3, -0.25) is 4.57 Å². The summed E-state index contributed by atoms with van der Waals surface area (Å²) in [5.41, 5.74) is -0.440. The Labute approximate surface area is 203 Å². The fourth-order valence-electron chi connectivity index (χ4n) is 3.83. The molecule has 9 nitrogen and oxygen atoms in total. The maximum Gasteiger partial charge on any atom is 0.350 e. The largest absolute Gasteiger partial charge is 0.436 e. The average Bonchev–Trinajstić information content (AvgIpc) is 3.21. The first-order valence-corrected chi connectivity index (χ1v) is 11.2. The summed E-state index contributed by atoms with van der Waals surface area (Å²) in [7, 11) is 0. The first-order valence-electron chi connectivity index (χ1n) is 11.2. The minimum atomic E-state index is -0.750. The van der Waals surface area contributed by atoms with Crippen LogP contribution in [-0.2, 0) is 11.3 Å². The first-order chi connectivity index (χ1) is 17.4. The number of halogens is 3. The summed E-state index contributed by atoms with van der Waals surface area (Å²) in [6.07, 6.45) is 2.46. The van der Waals surface area contributed by atoms with E-state index in [0.29, 0.717) is 25.4 Å². The van der Waals surface area contributed by atoms with Gasteiger partial charge in [0.1, 0.15) is 30.0 Å². The monoisotopic (exact) mass is 498 g/mol. The molecule has 2 aromatic heterocycles. The Bertz CT molecular complexity index is 1410. The molecule has 1 aliphatic heterocycles. The van der Waals surface area contributed by atoms with E-state index in [9.17, 15) is 18.0 Å². The lowest BCUT2D eigenvalue weighted by Gasteiger charge is -2.39. The third-order valence-corrected chi connectivity index (χ3v) is 5.71. The molecule has 186 valence electrons. The van der Waals surface area contributed by atoms with Gasteiger partial charge in [-0.05, 0) is 43.3 Å². The maximum absolute atomic E-state index is 14.9. The molecule has 0 spiro atoms. The lowest BCUT2D eigenvalue weighted by atomic mass is 10.1. The smallest absolute Gasteiger partial charge is 0.350 e. The summed E-state index contributed by atoms with van der Waals surface area (Å²) in [5.74, 6) is -2.01. The highest BCUT2D eigenvalue weighted by Gasteiger charge is 2.31. The molecule has 12 heteroatoms. The molecule has 3 heterocycles. The van der Waals surface area contributed by atoms with Crippen LogP contribution in [0.15, 0.2) is 59.9 Å². The third-order valence-electron chi connectivity index (χ3n) is 5.71. The Morgan fingerprint density at radius 1 is 1.03 bits per heavy atom. The molecule has 0 aliphatic carbocycles. The Morgan fingerprint density at radius 2 is 1.75 bits per heavy atom. The van der Waals surface area contributed by atoms with Crippen LogP contribution in [0.2, 0.25) is 0 Å². The number of hydrogen-bond donors (Lipinski definition) is 0. The van der Waals surface area contributed by atoms with Gasteiger partial charge in [0.05, 0.1) is 18.3 Å². The van der Waals surface area contributed by atoms with Crippen molar-refractivity contribution < 1.29 is 22.6 Å². The predicted molar refractivity (Wildman–Crippen MR) is 123 cm³/mol. The summed E-state index contributed by atoms with van der Waals surface area (Å²) in [6, 6.07) is 9.62. The van der Waals surface area contributed by atoms with Gasteiger partial charge in [0.2, 0.25) is 5.82 Å². The van der Waals surface area contributed by atoms with Gasteiger partial charge in [0, 0.05) is 25.3 Å². The van der Waals surface area contributed by atoms with Crippen LogP contribution in [0.25, 0.3) is 5.69 Å². The van der Waals surface area contributed by atoms with Crippen molar-refractivity contribution >= 4 is 5.82 Å². The zero-order chi connectivity index (χ0) is 25.2. The van der Waals surface area contributed by atoms with E-state index in [1.807, 2.05) is 6.92 Å². The average molecular weight is 498 g/mol. The lowest BCUT2D eigenvalue weighted by molar-refractivity contribution is 0.0423. The van der Waals surface area contributed by atoms with E-state index in [0.717, 1.165) is 21.4 Å². The van der Waals surface area contributed by atoms with Gasteiger partial charge in [-0.15, -0.1) is 0 Å². The molecule has 0 amide bonds. The number of rotatable bonds is 8. The second-order valence-electron chi connectivity index (χ2n) is 8.05. The minimum Gasteiger partial charge on any atom is -0.436 e. The van der Waals surface area contributed by atoms with Crippen molar-refractivity contribution in [1.29, 1.82) is 0 Å². The molecule has 0 atom stereocenters. The molecule has 1 fully saturated rings. The van der Waals surface area contributed by atoms with E-state index in [1.165, 1.54) is 30.9 Å². The van der Waals surface area contributed by atoms with Gasteiger partial charge < -0.3 is 14.4 Å². The van der Waals surface area contributed by atoms with Gasteiger partial charge in [-0.25, -0.2) is 18.6 Å². The van der Waals surface area contributed by atoms with Gasteiger partial charge >= 0.3 is 5.69 Å². The second kappa shape index (κ2) is 9.82. The van der Waals surface area contributed by atoms with Gasteiger partial charge in [0.25, 0.3) is 5.88 Å². The van der Waals surface area contributed by atoms with Crippen molar-refractivity contribution in [2.75, 3.05) is 24.6 Å². The normalized spacial score (nSPS) is 13.6. The van der Waals surface area contributed by atoms with E-state index >= 15 is 0 Å². The number of aromatic nitrogens is 5. The summed E-state index contributed by atoms with van der Waals surface area (Å²) in [6.45, 7) is 3.24. The van der Waals surface area contributed by atoms with Crippen LogP contribution in [0.1, 0.15) is 12.5 Å². The van der Waals surface area contributed by atoms with Gasteiger partial charge in [-0.1, -0.05) is 6.07 Å². The molecule has 0 saturated carbocycles. The molecule has 0 bridgehead atoms. The second-order valence-corrected chi connectivity index (χ2v) is 8.05. The SMILES string of the molecule is CCOC1CN(c2ncnc(Oc3ccc(-n4ncn(Cc5c(F)cccc5F)c4=O)cc3)c2F)C1. The standard InChI is InChI=1S/C24H21F3N6O3/c1-2-35-17-10-31(11-17)22-21(27)23(29-13-28-22)36-16-8-6-15(7-9-16)33-24(34)32(14-30-33)12-18-19(25)4-3-5-20(18)26/h3-9,13-14,17H,2,10-12H2,1H3. The first kappa shape index (κ1) is 23.5. The topological polar surface area (TPSA) is 87.3 Å². The molecule has 36 heavy (non-hydrogen) atoms. The minimum absolute atomic E-state index is 0.0406. The van der Waals surface area contributed by atoms with E-state index in [2.05, 4.69) is 15.1 Å². The molecule has 1 aliphatic rings. The number of ether oxygens (including phenoxy) is 2. The molecule has 2 aromatic carbocycles. The van der Waals surface area contributed by atoms with Crippen LogP contribution in [0.4, 0.5) is 19.0 Å². The molecule has 5 rings (SSSR count). The van der Waals surface area contributed by atoms with E-state index in [1.54, 1.807) is 17.0 Å². The highest BCUT2D eigenvalue weighted by Crippen LogP contribution is 2.30. The highest BCUT2D eigenvalue weighted by molar-refractivity contribution is 5.47. The van der Waals surface area contributed by atoms with Crippen LogP contribution in [0, 0.1) is 17.5 Å². The van der Waals surface area contributed by atoms with Crippen LogP contribution in [0.5, 0.6) is 11.6 Å². The fraction of sp³-hybridized carbons (Fsp3) is 0.250. The summed E-state index contributed by atoms with van der Waals surface area (Å²) in [5, 5.41) is 4.02. The molecule has 4 aromatic rings. The van der Waals surface area contributed by atoms with Crippen molar-refractivity contribution in [2.45, 2.75) is 19.6 Å². The van der Waals surface area contributed by atoms with Crippen molar-refractivity contribution in [1.82, 2.24) is 24.3 Å². The van der Waals surface area contributed by atoms with Crippen LogP contribution < -0.4 is 15.3 Å². The van der Waals surface area contributed by atoms with Crippen LogP contribution in [0.3, 0.4) is 0 Å². The predicted octanol–water partition coefficient (Wildman–Crippen LogP) is 3.31. The molecule has 0 unspecified atom stereocenters. The molecule has 0 N–H and O–H groups in total. The van der Waals surface area contributed by atoms with Crippen molar-refractivity contribution in [3.05, 3.63) is 88.6 Å². The Kier molecular flexibility index (Phi) is 6.42. The van der Waals surface area contributed by atoms with Crippen molar-refractivity contribution in [3.63, 3.8) is 0 Å².